The Bertz CT molecular complexity index is 1370. The lowest BCUT2D eigenvalue weighted by atomic mass is 10.2. The van der Waals surface area contributed by atoms with Gasteiger partial charge in [-0.05, 0) is 65.7 Å². The number of nitrogens with zero attached hydrogens (tertiary/aromatic N) is 2. The highest BCUT2D eigenvalue weighted by atomic mass is 32.2. The van der Waals surface area contributed by atoms with Gasteiger partial charge in [0, 0.05) is 17.8 Å². The number of anilines is 1. The third kappa shape index (κ3) is 6.16. The smallest absolute Gasteiger partial charge is 0.293 e. The number of carbonyl (C=O) groups excluding carboxylic acids is 3. The molecule has 1 N–H and O–H groups in total. The van der Waals surface area contributed by atoms with Gasteiger partial charge in [-0.15, -0.1) is 0 Å². The number of imide groups is 1. The van der Waals surface area contributed by atoms with Crippen molar-refractivity contribution in [3.05, 3.63) is 105 Å². The molecule has 1 saturated heterocycles. The Labute approximate surface area is 210 Å². The molecule has 3 aromatic rings. The molecule has 9 nitrogen and oxygen atoms in total. The number of nitro benzene ring substituents is 1. The Morgan fingerprint density at radius 2 is 1.83 bits per heavy atom. The maximum atomic E-state index is 12.8. The number of hydrogen-bond donors (Lipinski definition) is 1. The van der Waals surface area contributed by atoms with E-state index in [2.05, 4.69) is 5.32 Å². The van der Waals surface area contributed by atoms with Crippen molar-refractivity contribution in [1.82, 2.24) is 4.90 Å². The number of non-ortho nitro benzene ring substituents is 1. The number of hydrogen-bond acceptors (Lipinski definition) is 7. The highest BCUT2D eigenvalue weighted by Gasteiger charge is 2.35. The monoisotopic (exact) mass is 503 g/mol. The zero-order chi connectivity index (χ0) is 25.7. The lowest BCUT2D eigenvalue weighted by Crippen LogP contribution is -2.27. The number of carbonyl (C=O) groups is 3. The molecule has 0 radical (unpaired) electrons. The summed E-state index contributed by atoms with van der Waals surface area (Å²) >= 11 is 0.816. The molecule has 4 rings (SSSR count). The van der Waals surface area contributed by atoms with Gasteiger partial charge in [0.1, 0.15) is 5.75 Å². The van der Waals surface area contributed by atoms with Gasteiger partial charge >= 0.3 is 0 Å². The number of rotatable bonds is 8. The highest BCUT2D eigenvalue weighted by molar-refractivity contribution is 8.18. The number of thioether (sulfide) groups is 1. The van der Waals surface area contributed by atoms with E-state index in [1.807, 2.05) is 25.1 Å². The molecule has 0 bridgehead atoms. The maximum absolute atomic E-state index is 12.8. The quantitative estimate of drug-likeness (QED) is 0.256. The van der Waals surface area contributed by atoms with Crippen LogP contribution in [0.2, 0.25) is 0 Å². The largest absolute Gasteiger partial charge is 0.484 e. The third-order valence-corrected chi connectivity index (χ3v) is 6.10. The van der Waals surface area contributed by atoms with E-state index < -0.39 is 16.1 Å². The molecule has 0 saturated carbocycles. The van der Waals surface area contributed by atoms with Crippen molar-refractivity contribution >= 4 is 46.3 Å². The van der Waals surface area contributed by atoms with Crippen LogP contribution in [0.15, 0.2) is 77.7 Å². The Kier molecular flexibility index (Phi) is 7.45. The van der Waals surface area contributed by atoms with E-state index in [0.29, 0.717) is 22.6 Å². The van der Waals surface area contributed by atoms with E-state index in [9.17, 15) is 24.5 Å². The van der Waals surface area contributed by atoms with Crippen molar-refractivity contribution < 1.29 is 24.0 Å². The average Bonchev–Trinajstić information content (AvgIpc) is 3.10. The summed E-state index contributed by atoms with van der Waals surface area (Å²) in [6.45, 7) is 1.75. The highest BCUT2D eigenvalue weighted by Crippen LogP contribution is 2.34. The van der Waals surface area contributed by atoms with Crippen molar-refractivity contribution in [2.45, 2.75) is 13.5 Å². The first-order chi connectivity index (χ1) is 17.3. The topological polar surface area (TPSA) is 119 Å². The molecule has 1 aliphatic heterocycles. The first kappa shape index (κ1) is 24.7. The summed E-state index contributed by atoms with van der Waals surface area (Å²) < 4.78 is 5.59. The van der Waals surface area contributed by atoms with Crippen LogP contribution < -0.4 is 10.1 Å². The van der Waals surface area contributed by atoms with E-state index in [0.717, 1.165) is 22.2 Å². The van der Waals surface area contributed by atoms with Gasteiger partial charge in [0.2, 0.25) is 0 Å². The standard InChI is InChI=1S/C26H21N3O6S/c1-17-4-2-6-20(12-17)27-24(30)16-35-22-7-3-5-19(13-22)14-23-25(31)28(26(32)36-23)15-18-8-10-21(11-9-18)29(33)34/h2-14H,15-16H2,1H3,(H,27,30)/b23-14-. The summed E-state index contributed by atoms with van der Waals surface area (Å²) in [4.78, 5) is 49.1. The number of aryl methyl sites for hydroxylation is 1. The molecular formula is C26H21N3O6S. The van der Waals surface area contributed by atoms with Crippen LogP contribution in [0.5, 0.6) is 5.75 Å². The number of amides is 3. The molecule has 36 heavy (non-hydrogen) atoms. The number of nitrogens with one attached hydrogen (secondary N) is 1. The average molecular weight is 504 g/mol. The fourth-order valence-corrected chi connectivity index (χ4v) is 4.29. The Balaban J connectivity index is 1.38. The second kappa shape index (κ2) is 10.9. The minimum absolute atomic E-state index is 0.0131. The lowest BCUT2D eigenvalue weighted by Gasteiger charge is -2.12. The summed E-state index contributed by atoms with van der Waals surface area (Å²) in [5, 5.41) is 13.2. The van der Waals surface area contributed by atoms with E-state index in [4.69, 9.17) is 4.74 Å². The van der Waals surface area contributed by atoms with Crippen molar-refractivity contribution in [1.29, 1.82) is 0 Å². The van der Waals surface area contributed by atoms with Crippen LogP contribution in [-0.2, 0) is 16.1 Å². The van der Waals surface area contributed by atoms with Crippen molar-refractivity contribution in [3.8, 4) is 5.75 Å². The van der Waals surface area contributed by atoms with E-state index in [-0.39, 0.29) is 29.7 Å². The number of nitro groups is 1. The summed E-state index contributed by atoms with van der Waals surface area (Å²) in [5.74, 6) is -0.321. The van der Waals surface area contributed by atoms with Crippen LogP contribution in [0, 0.1) is 17.0 Å². The molecule has 0 unspecified atom stereocenters. The SMILES string of the molecule is Cc1cccc(NC(=O)COc2cccc(/C=C3\SC(=O)N(Cc4ccc([N+](=O)[O-])cc4)C3=O)c2)c1. The second-order valence-corrected chi connectivity index (χ2v) is 8.96. The van der Waals surface area contributed by atoms with Crippen LogP contribution in [-0.4, -0.2) is 33.5 Å². The molecule has 10 heteroatoms. The molecule has 0 spiro atoms. The van der Waals surface area contributed by atoms with Crippen LogP contribution in [0.3, 0.4) is 0 Å². The molecule has 1 heterocycles. The van der Waals surface area contributed by atoms with Crippen molar-refractivity contribution in [2.75, 3.05) is 11.9 Å². The number of benzene rings is 3. The van der Waals surface area contributed by atoms with Gasteiger partial charge in [-0.1, -0.05) is 36.4 Å². The third-order valence-electron chi connectivity index (χ3n) is 5.19. The molecule has 0 aliphatic carbocycles. The van der Waals surface area contributed by atoms with Crippen LogP contribution in [0.4, 0.5) is 16.2 Å². The van der Waals surface area contributed by atoms with Gasteiger partial charge in [0.25, 0.3) is 22.7 Å². The van der Waals surface area contributed by atoms with Gasteiger partial charge < -0.3 is 10.1 Å². The molecule has 182 valence electrons. The van der Waals surface area contributed by atoms with Crippen LogP contribution in [0.1, 0.15) is 16.7 Å². The normalized spacial score (nSPS) is 14.2. The minimum Gasteiger partial charge on any atom is -0.484 e. The zero-order valence-corrected chi connectivity index (χ0v) is 20.0. The Morgan fingerprint density at radius 3 is 2.56 bits per heavy atom. The van der Waals surface area contributed by atoms with Crippen molar-refractivity contribution in [2.24, 2.45) is 0 Å². The molecule has 0 aromatic heterocycles. The molecule has 3 amide bonds. The van der Waals surface area contributed by atoms with Gasteiger partial charge in [0.15, 0.2) is 6.61 Å². The predicted octanol–water partition coefficient (Wildman–Crippen LogP) is 5.16. The predicted molar refractivity (Wildman–Crippen MR) is 136 cm³/mol. The van der Waals surface area contributed by atoms with Gasteiger partial charge in [-0.25, -0.2) is 0 Å². The fraction of sp³-hybridized carbons (Fsp3) is 0.115. The summed E-state index contributed by atoms with van der Waals surface area (Å²) in [5.41, 5.74) is 2.87. The summed E-state index contributed by atoms with van der Waals surface area (Å²) in [6.07, 6.45) is 1.58. The fourth-order valence-electron chi connectivity index (χ4n) is 3.46. The Hall–Kier alpha value is -4.44. The van der Waals surface area contributed by atoms with E-state index in [1.54, 1.807) is 36.4 Å². The molecule has 0 atom stereocenters. The van der Waals surface area contributed by atoms with Crippen LogP contribution >= 0.6 is 11.8 Å². The molecule has 1 aliphatic rings. The van der Waals surface area contributed by atoms with Gasteiger partial charge in [-0.2, -0.15) is 0 Å². The summed E-state index contributed by atoms with van der Waals surface area (Å²) in [7, 11) is 0. The minimum atomic E-state index is -0.513. The summed E-state index contributed by atoms with van der Waals surface area (Å²) in [6, 6.07) is 20.0. The van der Waals surface area contributed by atoms with Gasteiger partial charge in [-0.3, -0.25) is 29.4 Å². The Morgan fingerprint density at radius 1 is 1.08 bits per heavy atom. The first-order valence-corrected chi connectivity index (χ1v) is 11.7. The molecular weight excluding hydrogens is 482 g/mol. The lowest BCUT2D eigenvalue weighted by molar-refractivity contribution is -0.384. The van der Waals surface area contributed by atoms with E-state index in [1.165, 1.54) is 24.3 Å². The van der Waals surface area contributed by atoms with Crippen LogP contribution in [0.25, 0.3) is 6.08 Å². The zero-order valence-electron chi connectivity index (χ0n) is 19.2. The first-order valence-electron chi connectivity index (χ1n) is 10.9. The second-order valence-electron chi connectivity index (χ2n) is 7.97. The maximum Gasteiger partial charge on any atom is 0.293 e. The van der Waals surface area contributed by atoms with Gasteiger partial charge in [0.05, 0.1) is 16.4 Å². The van der Waals surface area contributed by atoms with Crippen molar-refractivity contribution in [3.63, 3.8) is 0 Å². The van der Waals surface area contributed by atoms with E-state index >= 15 is 0 Å². The molecule has 3 aromatic carbocycles. The molecule has 1 fully saturated rings. The number of ether oxygens (including phenoxy) is 1.